The van der Waals surface area contributed by atoms with E-state index in [9.17, 15) is 9.59 Å². The van der Waals surface area contributed by atoms with Crippen molar-refractivity contribution in [3.8, 4) is 18.1 Å². The number of ether oxygens (including phenoxy) is 1. The molecule has 2 aromatic rings. The van der Waals surface area contributed by atoms with Gasteiger partial charge in [0.2, 0.25) is 11.8 Å². The molecule has 0 aromatic heterocycles. The molecule has 3 rings (SSSR count). The third-order valence-corrected chi connectivity index (χ3v) is 5.03. The fourth-order valence-corrected chi connectivity index (χ4v) is 3.54. The largest absolute Gasteiger partial charge is 0.481 e. The third kappa shape index (κ3) is 5.86. The molecule has 1 unspecified atom stereocenters. The van der Waals surface area contributed by atoms with Crippen LogP contribution in [0, 0.1) is 12.3 Å². The van der Waals surface area contributed by atoms with E-state index in [1.54, 1.807) is 4.90 Å². The number of rotatable bonds is 8. The molecule has 1 heterocycles. The Kier molecular flexibility index (Phi) is 7.29. The van der Waals surface area contributed by atoms with Crippen molar-refractivity contribution < 1.29 is 14.3 Å². The standard InChI is InChI=1S/C24H26N2O3/c1-2-17-29-21-12-10-19(11-13-21)14-15-25-24(28)22-9-6-16-26(22)23(27)18-20-7-4-3-5-8-20/h1,3-5,7-8,10-13,22H,6,9,14-18H2,(H,25,28). The van der Waals surface area contributed by atoms with Crippen molar-refractivity contribution in [3.63, 3.8) is 0 Å². The van der Waals surface area contributed by atoms with Crippen LogP contribution >= 0.6 is 0 Å². The fraction of sp³-hybridized carbons (Fsp3) is 0.333. The first kappa shape index (κ1) is 20.5. The lowest BCUT2D eigenvalue weighted by atomic mass is 10.1. The predicted octanol–water partition coefficient (Wildman–Crippen LogP) is 2.59. The summed E-state index contributed by atoms with van der Waals surface area (Å²) in [5.74, 6) is 3.10. The van der Waals surface area contributed by atoms with Crippen LogP contribution in [-0.2, 0) is 22.4 Å². The lowest BCUT2D eigenvalue weighted by molar-refractivity contribution is -0.137. The summed E-state index contributed by atoms with van der Waals surface area (Å²) in [5, 5.41) is 2.98. The zero-order chi connectivity index (χ0) is 20.5. The first-order valence-electron chi connectivity index (χ1n) is 9.93. The van der Waals surface area contributed by atoms with Gasteiger partial charge in [-0.2, -0.15) is 0 Å². The maximum atomic E-state index is 12.7. The van der Waals surface area contributed by atoms with Gasteiger partial charge in [0.25, 0.3) is 0 Å². The Hall–Kier alpha value is -3.26. The molecule has 5 nitrogen and oxygen atoms in total. The van der Waals surface area contributed by atoms with Crippen LogP contribution in [0.25, 0.3) is 0 Å². The summed E-state index contributed by atoms with van der Waals surface area (Å²) < 4.78 is 5.35. The molecule has 1 N–H and O–H groups in total. The number of amides is 2. The van der Waals surface area contributed by atoms with Gasteiger partial charge in [-0.25, -0.2) is 0 Å². The first-order valence-corrected chi connectivity index (χ1v) is 9.93. The highest BCUT2D eigenvalue weighted by Crippen LogP contribution is 2.19. The van der Waals surface area contributed by atoms with Crippen LogP contribution in [-0.4, -0.2) is 42.5 Å². The minimum absolute atomic E-state index is 0.0106. The molecule has 0 radical (unpaired) electrons. The molecular formula is C24H26N2O3. The normalized spacial score (nSPS) is 15.6. The molecular weight excluding hydrogens is 364 g/mol. The number of hydrogen-bond acceptors (Lipinski definition) is 3. The van der Waals surface area contributed by atoms with E-state index < -0.39 is 0 Å². The third-order valence-electron chi connectivity index (χ3n) is 5.03. The quantitative estimate of drug-likeness (QED) is 0.705. The van der Waals surface area contributed by atoms with Crippen molar-refractivity contribution in [2.45, 2.75) is 31.7 Å². The van der Waals surface area contributed by atoms with E-state index in [-0.39, 0.29) is 24.5 Å². The number of carbonyl (C=O) groups is 2. The highest BCUT2D eigenvalue weighted by Gasteiger charge is 2.33. The van der Waals surface area contributed by atoms with Crippen molar-refractivity contribution in [2.24, 2.45) is 0 Å². The van der Waals surface area contributed by atoms with Gasteiger partial charge in [-0.3, -0.25) is 9.59 Å². The first-order chi connectivity index (χ1) is 14.2. The molecule has 1 atom stereocenters. The molecule has 0 bridgehead atoms. The van der Waals surface area contributed by atoms with Crippen LogP contribution in [0.2, 0.25) is 0 Å². The van der Waals surface area contributed by atoms with Crippen LogP contribution in [0.5, 0.6) is 5.75 Å². The monoisotopic (exact) mass is 390 g/mol. The molecule has 150 valence electrons. The SMILES string of the molecule is C#CCOc1ccc(CCNC(=O)C2CCCN2C(=O)Cc2ccccc2)cc1. The molecule has 0 aliphatic carbocycles. The molecule has 29 heavy (non-hydrogen) atoms. The maximum absolute atomic E-state index is 12.7. The van der Waals surface area contributed by atoms with Crippen LogP contribution in [0.3, 0.4) is 0 Å². The highest BCUT2D eigenvalue weighted by atomic mass is 16.5. The average molecular weight is 390 g/mol. The van der Waals surface area contributed by atoms with Crippen molar-refractivity contribution in [1.82, 2.24) is 10.2 Å². The maximum Gasteiger partial charge on any atom is 0.242 e. The summed E-state index contributed by atoms with van der Waals surface area (Å²) in [6.07, 6.45) is 7.80. The van der Waals surface area contributed by atoms with E-state index in [1.807, 2.05) is 54.6 Å². The summed E-state index contributed by atoms with van der Waals surface area (Å²) in [6, 6.07) is 16.9. The molecule has 0 saturated carbocycles. The Labute approximate surface area is 172 Å². The Morgan fingerprint density at radius 1 is 1.10 bits per heavy atom. The number of carbonyl (C=O) groups excluding carboxylic acids is 2. The van der Waals surface area contributed by atoms with Gasteiger partial charge in [-0.1, -0.05) is 48.4 Å². The molecule has 1 saturated heterocycles. The highest BCUT2D eigenvalue weighted by molar-refractivity contribution is 5.89. The van der Waals surface area contributed by atoms with E-state index in [2.05, 4.69) is 11.2 Å². The lowest BCUT2D eigenvalue weighted by Crippen LogP contribution is -2.46. The molecule has 1 aliphatic heterocycles. The molecule has 0 spiro atoms. The second-order valence-corrected chi connectivity index (χ2v) is 7.09. The summed E-state index contributed by atoms with van der Waals surface area (Å²) in [6.45, 7) is 1.42. The number of benzene rings is 2. The van der Waals surface area contributed by atoms with Crippen LogP contribution < -0.4 is 10.1 Å². The molecule has 5 heteroatoms. The van der Waals surface area contributed by atoms with E-state index >= 15 is 0 Å². The van der Waals surface area contributed by atoms with Gasteiger partial charge in [0.05, 0.1) is 6.42 Å². The van der Waals surface area contributed by atoms with Gasteiger partial charge in [0, 0.05) is 13.1 Å². The molecule has 2 amide bonds. The zero-order valence-corrected chi connectivity index (χ0v) is 16.5. The van der Waals surface area contributed by atoms with Gasteiger partial charge in [0.1, 0.15) is 18.4 Å². The second kappa shape index (κ2) is 10.3. The molecule has 2 aromatic carbocycles. The van der Waals surface area contributed by atoms with Gasteiger partial charge in [-0.05, 0) is 42.5 Å². The minimum atomic E-state index is -0.370. The van der Waals surface area contributed by atoms with Crippen molar-refractivity contribution in [3.05, 3.63) is 65.7 Å². The van der Waals surface area contributed by atoms with Crippen LogP contribution in [0.4, 0.5) is 0 Å². The predicted molar refractivity (Wildman–Crippen MR) is 112 cm³/mol. The fourth-order valence-electron chi connectivity index (χ4n) is 3.54. The number of hydrogen-bond donors (Lipinski definition) is 1. The van der Waals surface area contributed by atoms with Gasteiger partial charge >= 0.3 is 0 Å². The van der Waals surface area contributed by atoms with E-state index in [4.69, 9.17) is 11.2 Å². The Balaban J connectivity index is 1.47. The van der Waals surface area contributed by atoms with Crippen LogP contribution in [0.15, 0.2) is 54.6 Å². The van der Waals surface area contributed by atoms with E-state index in [0.29, 0.717) is 32.4 Å². The summed E-state index contributed by atoms with van der Waals surface area (Å²) in [4.78, 5) is 27.0. The smallest absolute Gasteiger partial charge is 0.242 e. The van der Waals surface area contributed by atoms with Gasteiger partial charge in [0.15, 0.2) is 0 Å². The second-order valence-electron chi connectivity index (χ2n) is 7.09. The zero-order valence-electron chi connectivity index (χ0n) is 16.5. The number of nitrogens with one attached hydrogen (secondary N) is 1. The minimum Gasteiger partial charge on any atom is -0.481 e. The Morgan fingerprint density at radius 3 is 2.59 bits per heavy atom. The summed E-state index contributed by atoms with van der Waals surface area (Å²) in [5.41, 5.74) is 2.07. The van der Waals surface area contributed by atoms with Gasteiger partial charge in [-0.15, -0.1) is 6.42 Å². The van der Waals surface area contributed by atoms with E-state index in [0.717, 1.165) is 23.3 Å². The van der Waals surface area contributed by atoms with Crippen LogP contribution in [0.1, 0.15) is 24.0 Å². The molecule has 1 fully saturated rings. The van der Waals surface area contributed by atoms with Crippen molar-refractivity contribution in [1.29, 1.82) is 0 Å². The van der Waals surface area contributed by atoms with Gasteiger partial charge < -0.3 is 15.0 Å². The number of terminal acetylenes is 1. The van der Waals surface area contributed by atoms with Crippen molar-refractivity contribution >= 4 is 11.8 Å². The van der Waals surface area contributed by atoms with Crippen molar-refractivity contribution in [2.75, 3.05) is 19.7 Å². The number of nitrogens with zero attached hydrogens (tertiary/aromatic N) is 1. The molecule has 1 aliphatic rings. The lowest BCUT2D eigenvalue weighted by Gasteiger charge is -2.24. The summed E-state index contributed by atoms with van der Waals surface area (Å²) in [7, 11) is 0. The van der Waals surface area contributed by atoms with E-state index in [1.165, 1.54) is 0 Å². The average Bonchev–Trinajstić information content (AvgIpc) is 3.24. The Bertz CT molecular complexity index is 856. The topological polar surface area (TPSA) is 58.6 Å². The summed E-state index contributed by atoms with van der Waals surface area (Å²) >= 11 is 0. The Morgan fingerprint density at radius 2 is 1.86 bits per heavy atom. The number of likely N-dealkylation sites (tertiary alicyclic amines) is 1.